The van der Waals surface area contributed by atoms with Crippen LogP contribution in [0.25, 0.3) is 0 Å². The van der Waals surface area contributed by atoms with Crippen molar-refractivity contribution in [2.75, 3.05) is 11.4 Å². The van der Waals surface area contributed by atoms with Crippen LogP contribution in [0.5, 0.6) is 0 Å². The summed E-state index contributed by atoms with van der Waals surface area (Å²) in [7, 11) is 0. The average molecular weight is 336 g/mol. The van der Waals surface area contributed by atoms with Crippen molar-refractivity contribution in [2.45, 2.75) is 52.1 Å². The number of benzene rings is 2. The third kappa shape index (κ3) is 4.49. The summed E-state index contributed by atoms with van der Waals surface area (Å²) in [6.45, 7) is 9.19. The van der Waals surface area contributed by atoms with Crippen LogP contribution in [-0.2, 0) is 23.3 Å². The van der Waals surface area contributed by atoms with Crippen LogP contribution in [0.2, 0.25) is 0 Å². The van der Waals surface area contributed by atoms with E-state index in [0.29, 0.717) is 6.42 Å². The molecule has 2 aromatic carbocycles. The van der Waals surface area contributed by atoms with Crippen molar-refractivity contribution in [1.82, 2.24) is 5.32 Å². The van der Waals surface area contributed by atoms with Gasteiger partial charge in [-0.3, -0.25) is 4.79 Å². The van der Waals surface area contributed by atoms with Crippen LogP contribution in [-0.4, -0.2) is 12.5 Å². The van der Waals surface area contributed by atoms with Gasteiger partial charge in [0.15, 0.2) is 0 Å². The maximum Gasteiger partial charge on any atom is 0.227 e. The van der Waals surface area contributed by atoms with Crippen molar-refractivity contribution in [3.63, 3.8) is 0 Å². The van der Waals surface area contributed by atoms with E-state index in [-0.39, 0.29) is 11.3 Å². The number of hydrogen-bond donors (Lipinski definition) is 1. The van der Waals surface area contributed by atoms with Crippen LogP contribution >= 0.6 is 0 Å². The van der Waals surface area contributed by atoms with Gasteiger partial charge in [0.25, 0.3) is 0 Å². The van der Waals surface area contributed by atoms with Crippen molar-refractivity contribution in [3.8, 4) is 0 Å². The first-order valence-electron chi connectivity index (χ1n) is 9.13. The van der Waals surface area contributed by atoms with Crippen LogP contribution in [0.4, 0.5) is 5.69 Å². The van der Waals surface area contributed by atoms with E-state index in [0.717, 1.165) is 31.7 Å². The molecule has 2 aromatic rings. The molecule has 1 heterocycles. The fourth-order valence-corrected chi connectivity index (χ4v) is 3.23. The van der Waals surface area contributed by atoms with Gasteiger partial charge in [-0.2, -0.15) is 0 Å². The SMILES string of the molecule is CC(C)(C)c1ccc(CNCc2cccc(N3CCCC3=O)c2)cc1. The first kappa shape index (κ1) is 17.7. The van der Waals surface area contributed by atoms with Crippen LogP contribution in [0.15, 0.2) is 48.5 Å². The maximum absolute atomic E-state index is 11.9. The minimum Gasteiger partial charge on any atom is -0.312 e. The number of carbonyl (C=O) groups is 1. The molecule has 0 radical (unpaired) electrons. The monoisotopic (exact) mass is 336 g/mol. The van der Waals surface area contributed by atoms with Crippen molar-refractivity contribution in [1.29, 1.82) is 0 Å². The highest BCUT2D eigenvalue weighted by Crippen LogP contribution is 2.23. The third-order valence-corrected chi connectivity index (χ3v) is 4.77. The van der Waals surface area contributed by atoms with Gasteiger partial charge in [-0.25, -0.2) is 0 Å². The molecule has 3 rings (SSSR count). The molecule has 1 N–H and O–H groups in total. The van der Waals surface area contributed by atoms with E-state index in [1.54, 1.807) is 0 Å². The zero-order valence-corrected chi connectivity index (χ0v) is 15.5. The van der Waals surface area contributed by atoms with Crippen molar-refractivity contribution in [3.05, 3.63) is 65.2 Å². The largest absolute Gasteiger partial charge is 0.312 e. The second-order valence-electron chi connectivity index (χ2n) is 7.87. The molecule has 0 unspecified atom stereocenters. The minimum atomic E-state index is 0.194. The summed E-state index contributed by atoms with van der Waals surface area (Å²) in [5.41, 5.74) is 5.08. The Morgan fingerprint density at radius 3 is 2.36 bits per heavy atom. The summed E-state index contributed by atoms with van der Waals surface area (Å²) in [6.07, 6.45) is 1.64. The molecule has 132 valence electrons. The molecule has 0 bridgehead atoms. The maximum atomic E-state index is 11.9. The van der Waals surface area contributed by atoms with Gasteiger partial charge in [-0.05, 0) is 40.7 Å². The molecule has 3 heteroatoms. The van der Waals surface area contributed by atoms with Crippen molar-refractivity contribution >= 4 is 11.6 Å². The summed E-state index contributed by atoms with van der Waals surface area (Å²) >= 11 is 0. The highest BCUT2D eigenvalue weighted by molar-refractivity contribution is 5.95. The lowest BCUT2D eigenvalue weighted by atomic mass is 9.87. The molecular weight excluding hydrogens is 308 g/mol. The van der Waals surface area contributed by atoms with Gasteiger partial charge in [-0.15, -0.1) is 0 Å². The van der Waals surface area contributed by atoms with E-state index in [1.807, 2.05) is 17.0 Å². The number of amides is 1. The summed E-state index contributed by atoms with van der Waals surface area (Å²) < 4.78 is 0. The Hall–Kier alpha value is -2.13. The van der Waals surface area contributed by atoms with Gasteiger partial charge in [0, 0.05) is 31.7 Å². The summed E-state index contributed by atoms with van der Waals surface area (Å²) in [6, 6.07) is 17.1. The van der Waals surface area contributed by atoms with E-state index >= 15 is 0 Å². The molecule has 1 aliphatic rings. The van der Waals surface area contributed by atoms with E-state index < -0.39 is 0 Å². The highest BCUT2D eigenvalue weighted by Gasteiger charge is 2.21. The first-order chi connectivity index (χ1) is 11.9. The minimum absolute atomic E-state index is 0.194. The van der Waals surface area contributed by atoms with E-state index in [1.165, 1.54) is 16.7 Å². The molecule has 1 saturated heterocycles. The Bertz CT molecular complexity index is 728. The first-order valence-corrected chi connectivity index (χ1v) is 9.13. The quantitative estimate of drug-likeness (QED) is 0.877. The predicted octanol–water partition coefficient (Wildman–Crippen LogP) is 4.40. The molecule has 0 atom stereocenters. The van der Waals surface area contributed by atoms with E-state index in [9.17, 15) is 4.79 Å². The molecule has 0 spiro atoms. The second-order valence-corrected chi connectivity index (χ2v) is 7.87. The topological polar surface area (TPSA) is 32.3 Å². The van der Waals surface area contributed by atoms with Gasteiger partial charge in [0.2, 0.25) is 5.91 Å². The lowest BCUT2D eigenvalue weighted by molar-refractivity contribution is -0.117. The standard InChI is InChI=1S/C22H28N2O/c1-22(2,3)19-11-9-17(10-12-19)15-23-16-18-6-4-7-20(14-18)24-13-5-8-21(24)25/h4,6-7,9-12,14,23H,5,8,13,15-16H2,1-3H3. The molecule has 0 aromatic heterocycles. The molecule has 1 fully saturated rings. The molecule has 0 aliphatic carbocycles. The number of anilines is 1. The molecule has 1 aliphatic heterocycles. The van der Waals surface area contributed by atoms with Crippen LogP contribution in [0, 0.1) is 0 Å². The third-order valence-electron chi connectivity index (χ3n) is 4.77. The smallest absolute Gasteiger partial charge is 0.227 e. The van der Waals surface area contributed by atoms with Gasteiger partial charge in [0.05, 0.1) is 0 Å². The average Bonchev–Trinajstić information content (AvgIpc) is 3.01. The van der Waals surface area contributed by atoms with Gasteiger partial charge in [-0.1, -0.05) is 57.2 Å². The number of nitrogens with zero attached hydrogens (tertiary/aromatic N) is 1. The molecule has 3 nitrogen and oxygen atoms in total. The summed E-state index contributed by atoms with van der Waals surface area (Å²) in [5, 5.41) is 3.50. The zero-order valence-electron chi connectivity index (χ0n) is 15.5. The summed E-state index contributed by atoms with van der Waals surface area (Å²) in [4.78, 5) is 13.8. The highest BCUT2D eigenvalue weighted by atomic mass is 16.2. The Labute approximate surface area is 151 Å². The lowest BCUT2D eigenvalue weighted by Crippen LogP contribution is -2.23. The number of rotatable bonds is 5. The van der Waals surface area contributed by atoms with Gasteiger partial charge in [0.1, 0.15) is 0 Å². The molecule has 25 heavy (non-hydrogen) atoms. The summed E-state index contributed by atoms with van der Waals surface area (Å²) in [5.74, 6) is 0.240. The van der Waals surface area contributed by atoms with Crippen LogP contribution in [0.1, 0.15) is 50.3 Å². The Morgan fingerprint density at radius 1 is 1.00 bits per heavy atom. The molecule has 1 amide bonds. The van der Waals surface area contributed by atoms with Crippen molar-refractivity contribution < 1.29 is 4.79 Å². The Balaban J connectivity index is 1.56. The van der Waals surface area contributed by atoms with E-state index in [4.69, 9.17) is 0 Å². The Morgan fingerprint density at radius 2 is 1.72 bits per heavy atom. The zero-order chi connectivity index (χ0) is 17.9. The van der Waals surface area contributed by atoms with Gasteiger partial charge >= 0.3 is 0 Å². The lowest BCUT2D eigenvalue weighted by Gasteiger charge is -2.19. The second kappa shape index (κ2) is 7.40. The Kier molecular flexibility index (Phi) is 5.24. The fraction of sp³-hybridized carbons (Fsp3) is 0.409. The molecule has 0 saturated carbocycles. The number of nitrogens with one attached hydrogen (secondary N) is 1. The van der Waals surface area contributed by atoms with E-state index in [2.05, 4.69) is 62.5 Å². The van der Waals surface area contributed by atoms with Crippen LogP contribution < -0.4 is 10.2 Å². The normalized spacial score (nSPS) is 15.0. The van der Waals surface area contributed by atoms with Gasteiger partial charge < -0.3 is 10.2 Å². The predicted molar refractivity (Wildman–Crippen MR) is 104 cm³/mol. The fourth-order valence-electron chi connectivity index (χ4n) is 3.23. The van der Waals surface area contributed by atoms with Crippen LogP contribution in [0.3, 0.4) is 0 Å². The number of hydrogen-bond acceptors (Lipinski definition) is 2. The number of carbonyl (C=O) groups excluding carboxylic acids is 1. The van der Waals surface area contributed by atoms with Crippen molar-refractivity contribution in [2.24, 2.45) is 0 Å². The molecular formula is C22H28N2O.